The molecule has 5 rings (SSSR count). The van der Waals surface area contributed by atoms with Crippen LogP contribution in [0.5, 0.6) is 0 Å². The quantitative estimate of drug-likeness (QED) is 0.343. The average Bonchev–Trinajstić information content (AvgIpc) is 3.08. The molecule has 114 valence electrons. The summed E-state index contributed by atoms with van der Waals surface area (Å²) in [7, 11) is 0. The molecule has 0 saturated carbocycles. The molecule has 0 amide bonds. The standard InChI is InChI=1S/C21H13BrN2/c22-14-11-9-13(10-12-14)21-23-19-17-7-3-1-5-15(17)16-6-2-4-8-18(16)20(19)24-21/h1-12H,(H,23,24). The first-order chi connectivity index (χ1) is 11.8. The van der Waals surface area contributed by atoms with Gasteiger partial charge in [0, 0.05) is 20.8 Å². The monoisotopic (exact) mass is 372 g/mol. The molecule has 0 aliphatic rings. The SMILES string of the molecule is Brc1ccc(-c2nc3c4ccccc4c4ccccc4c3[nH]2)cc1. The van der Waals surface area contributed by atoms with E-state index in [0.717, 1.165) is 26.9 Å². The highest BCUT2D eigenvalue weighted by molar-refractivity contribution is 9.10. The fourth-order valence-electron chi connectivity index (χ4n) is 3.37. The van der Waals surface area contributed by atoms with Crippen molar-refractivity contribution in [2.45, 2.75) is 0 Å². The van der Waals surface area contributed by atoms with Crippen LogP contribution in [-0.2, 0) is 0 Å². The highest BCUT2D eigenvalue weighted by Gasteiger charge is 2.13. The van der Waals surface area contributed by atoms with E-state index in [1.165, 1.54) is 21.5 Å². The molecule has 0 radical (unpaired) electrons. The van der Waals surface area contributed by atoms with Gasteiger partial charge in [-0.25, -0.2) is 4.98 Å². The molecular weight excluding hydrogens is 360 g/mol. The smallest absolute Gasteiger partial charge is 0.138 e. The third-order valence-corrected chi connectivity index (χ3v) is 5.02. The summed E-state index contributed by atoms with van der Waals surface area (Å²) in [5.41, 5.74) is 3.21. The van der Waals surface area contributed by atoms with Crippen LogP contribution in [-0.4, -0.2) is 9.97 Å². The second-order valence-corrected chi connectivity index (χ2v) is 6.82. The molecule has 3 heteroatoms. The Labute approximate surface area is 147 Å². The summed E-state index contributed by atoms with van der Waals surface area (Å²) >= 11 is 3.49. The lowest BCUT2D eigenvalue weighted by molar-refractivity contribution is 1.34. The zero-order valence-electron chi connectivity index (χ0n) is 12.8. The number of aromatic amines is 1. The number of halogens is 1. The normalized spacial score (nSPS) is 11.5. The van der Waals surface area contributed by atoms with Crippen molar-refractivity contribution in [2.75, 3.05) is 0 Å². The molecule has 0 aliphatic heterocycles. The van der Waals surface area contributed by atoms with Crippen LogP contribution < -0.4 is 0 Å². The largest absolute Gasteiger partial charge is 0.337 e. The summed E-state index contributed by atoms with van der Waals surface area (Å²) in [5.74, 6) is 0.902. The summed E-state index contributed by atoms with van der Waals surface area (Å²) in [5, 5.41) is 4.90. The Balaban J connectivity index is 1.93. The number of aromatic nitrogens is 2. The highest BCUT2D eigenvalue weighted by atomic mass is 79.9. The van der Waals surface area contributed by atoms with Crippen molar-refractivity contribution >= 4 is 48.5 Å². The summed E-state index contributed by atoms with van der Waals surface area (Å²) in [6, 6.07) is 25.2. The maximum absolute atomic E-state index is 4.92. The molecular formula is C21H13BrN2. The summed E-state index contributed by atoms with van der Waals surface area (Å²) < 4.78 is 1.07. The van der Waals surface area contributed by atoms with Crippen LogP contribution in [0.25, 0.3) is 44.0 Å². The molecule has 1 aromatic heterocycles. The minimum absolute atomic E-state index is 0.902. The minimum atomic E-state index is 0.902. The number of H-pyrrole nitrogens is 1. The number of benzene rings is 4. The van der Waals surface area contributed by atoms with Gasteiger partial charge in [-0.05, 0) is 22.9 Å². The number of hydrogen-bond acceptors (Lipinski definition) is 1. The van der Waals surface area contributed by atoms with Crippen molar-refractivity contribution in [3.63, 3.8) is 0 Å². The van der Waals surface area contributed by atoms with Gasteiger partial charge in [0.25, 0.3) is 0 Å². The molecule has 1 heterocycles. The molecule has 0 atom stereocenters. The number of nitrogens with one attached hydrogen (secondary N) is 1. The van der Waals surface area contributed by atoms with Crippen molar-refractivity contribution in [1.82, 2.24) is 9.97 Å². The maximum Gasteiger partial charge on any atom is 0.138 e. The van der Waals surface area contributed by atoms with Crippen LogP contribution in [0.2, 0.25) is 0 Å². The zero-order valence-corrected chi connectivity index (χ0v) is 14.3. The number of nitrogens with zero attached hydrogens (tertiary/aromatic N) is 1. The highest BCUT2D eigenvalue weighted by Crippen LogP contribution is 2.35. The van der Waals surface area contributed by atoms with Gasteiger partial charge in [0.1, 0.15) is 5.82 Å². The first-order valence-electron chi connectivity index (χ1n) is 7.86. The number of rotatable bonds is 1. The molecule has 0 unspecified atom stereocenters. The topological polar surface area (TPSA) is 28.7 Å². The van der Waals surface area contributed by atoms with Crippen molar-refractivity contribution in [3.8, 4) is 11.4 Å². The first kappa shape index (κ1) is 13.8. The van der Waals surface area contributed by atoms with Gasteiger partial charge >= 0.3 is 0 Å². The first-order valence-corrected chi connectivity index (χ1v) is 8.66. The zero-order chi connectivity index (χ0) is 16.1. The molecule has 0 saturated heterocycles. The maximum atomic E-state index is 4.92. The third-order valence-electron chi connectivity index (χ3n) is 4.49. The van der Waals surface area contributed by atoms with E-state index in [1.807, 2.05) is 12.1 Å². The number of hydrogen-bond donors (Lipinski definition) is 1. The summed E-state index contributed by atoms with van der Waals surface area (Å²) in [6.45, 7) is 0. The molecule has 4 aromatic carbocycles. The summed E-state index contributed by atoms with van der Waals surface area (Å²) in [4.78, 5) is 8.46. The molecule has 0 fully saturated rings. The predicted octanol–water partition coefficient (Wildman–Crippen LogP) is 6.30. The van der Waals surface area contributed by atoms with E-state index in [-0.39, 0.29) is 0 Å². The Hall–Kier alpha value is -2.65. The Bertz CT molecular complexity index is 1130. The van der Waals surface area contributed by atoms with E-state index in [1.54, 1.807) is 0 Å². The van der Waals surface area contributed by atoms with Crippen LogP contribution in [0.1, 0.15) is 0 Å². The number of imidazole rings is 1. The fourth-order valence-corrected chi connectivity index (χ4v) is 3.63. The molecule has 0 aliphatic carbocycles. The Morgan fingerprint density at radius 3 is 1.96 bits per heavy atom. The molecule has 0 bridgehead atoms. The van der Waals surface area contributed by atoms with E-state index >= 15 is 0 Å². The van der Waals surface area contributed by atoms with Crippen molar-refractivity contribution in [2.24, 2.45) is 0 Å². The fraction of sp³-hybridized carbons (Fsp3) is 0. The lowest BCUT2D eigenvalue weighted by Gasteiger charge is -2.05. The molecule has 2 nitrogen and oxygen atoms in total. The van der Waals surface area contributed by atoms with Gasteiger partial charge in [0.15, 0.2) is 0 Å². The van der Waals surface area contributed by atoms with Gasteiger partial charge in [0.2, 0.25) is 0 Å². The van der Waals surface area contributed by atoms with Crippen molar-refractivity contribution in [1.29, 1.82) is 0 Å². The lowest BCUT2D eigenvalue weighted by Crippen LogP contribution is -1.81. The van der Waals surface area contributed by atoms with Gasteiger partial charge in [-0.3, -0.25) is 0 Å². The molecule has 5 aromatic rings. The number of fused-ring (bicyclic) bond motifs is 6. The van der Waals surface area contributed by atoms with E-state index in [2.05, 4.69) is 81.6 Å². The minimum Gasteiger partial charge on any atom is -0.337 e. The third kappa shape index (κ3) is 1.98. The van der Waals surface area contributed by atoms with Gasteiger partial charge in [-0.2, -0.15) is 0 Å². The van der Waals surface area contributed by atoms with Crippen LogP contribution in [0.15, 0.2) is 77.3 Å². The predicted molar refractivity (Wildman–Crippen MR) is 104 cm³/mol. The Morgan fingerprint density at radius 2 is 1.25 bits per heavy atom. The lowest BCUT2D eigenvalue weighted by atomic mass is 10.0. The molecule has 0 spiro atoms. The Morgan fingerprint density at radius 1 is 0.667 bits per heavy atom. The van der Waals surface area contributed by atoms with Crippen LogP contribution in [0.4, 0.5) is 0 Å². The van der Waals surface area contributed by atoms with E-state index in [0.29, 0.717) is 0 Å². The van der Waals surface area contributed by atoms with Gasteiger partial charge in [0.05, 0.1) is 11.0 Å². The van der Waals surface area contributed by atoms with Gasteiger partial charge in [-0.15, -0.1) is 0 Å². The molecule has 1 N–H and O–H groups in total. The van der Waals surface area contributed by atoms with E-state index in [4.69, 9.17) is 4.98 Å². The van der Waals surface area contributed by atoms with Gasteiger partial charge < -0.3 is 4.98 Å². The molecule has 24 heavy (non-hydrogen) atoms. The van der Waals surface area contributed by atoms with Gasteiger partial charge in [-0.1, -0.05) is 76.6 Å². The van der Waals surface area contributed by atoms with Crippen molar-refractivity contribution in [3.05, 3.63) is 77.3 Å². The second kappa shape index (κ2) is 5.18. The van der Waals surface area contributed by atoms with Crippen LogP contribution in [0, 0.1) is 0 Å². The van der Waals surface area contributed by atoms with Crippen LogP contribution in [0.3, 0.4) is 0 Å². The van der Waals surface area contributed by atoms with E-state index in [9.17, 15) is 0 Å². The van der Waals surface area contributed by atoms with E-state index < -0.39 is 0 Å². The second-order valence-electron chi connectivity index (χ2n) is 5.91. The van der Waals surface area contributed by atoms with Crippen LogP contribution >= 0.6 is 15.9 Å². The average molecular weight is 373 g/mol. The Kier molecular flexibility index (Phi) is 2.97. The van der Waals surface area contributed by atoms with Crippen molar-refractivity contribution < 1.29 is 0 Å². The summed E-state index contributed by atoms with van der Waals surface area (Å²) in [6.07, 6.45) is 0.